The molecule has 0 aromatic carbocycles. The zero-order valence-electron chi connectivity index (χ0n) is 10.2. The van der Waals surface area contributed by atoms with Gasteiger partial charge in [-0.3, -0.25) is 9.96 Å². The van der Waals surface area contributed by atoms with Gasteiger partial charge in [-0.1, -0.05) is 0 Å². The molecule has 86 valence electrons. The van der Waals surface area contributed by atoms with E-state index < -0.39 is 8.88 Å². The van der Waals surface area contributed by atoms with Crippen molar-refractivity contribution in [2.24, 2.45) is 0 Å². The third-order valence-corrected chi connectivity index (χ3v) is 4.69. The monoisotopic (exact) mass is 220 g/mol. The largest absolute Gasteiger partial charge is 0.517 e. The Hall–Kier alpha value is 0.0569. The molecule has 0 radical (unpaired) electrons. The normalized spacial score (nSPS) is 13.3. The van der Waals surface area contributed by atoms with Gasteiger partial charge in [0.05, 0.1) is 0 Å². The van der Waals surface area contributed by atoms with Gasteiger partial charge in [-0.2, -0.15) is 0 Å². The Kier molecular flexibility index (Phi) is 5.85. The summed E-state index contributed by atoms with van der Waals surface area (Å²) in [6, 6.07) is 0. The van der Waals surface area contributed by atoms with Gasteiger partial charge in [0, 0.05) is 18.8 Å². The maximum atomic E-state index is 5.69. The fourth-order valence-corrected chi connectivity index (χ4v) is 3.66. The van der Waals surface area contributed by atoms with Crippen molar-refractivity contribution in [1.29, 1.82) is 0 Å². The summed E-state index contributed by atoms with van der Waals surface area (Å²) < 4.78 is 11.4. The van der Waals surface area contributed by atoms with Gasteiger partial charge >= 0.3 is 8.88 Å². The van der Waals surface area contributed by atoms with Crippen molar-refractivity contribution >= 4 is 8.88 Å². The lowest BCUT2D eigenvalue weighted by Gasteiger charge is -2.35. The van der Waals surface area contributed by atoms with E-state index in [1.165, 1.54) is 0 Å². The molecule has 0 aromatic rings. The molecule has 0 spiro atoms. The Labute approximate surface area is 88.8 Å². The Balaban J connectivity index is 4.48. The first kappa shape index (κ1) is 14.1. The lowest BCUT2D eigenvalue weighted by atomic mass is 10.1. The molecule has 0 saturated carbocycles. The molecule has 4 nitrogen and oxygen atoms in total. The number of rotatable bonds is 6. The minimum Gasteiger partial charge on any atom is -0.371 e. The SMILES string of the molecule is CCO[Si](NC)(NC(C)(C)C)OCC. The summed E-state index contributed by atoms with van der Waals surface area (Å²) >= 11 is 0. The second kappa shape index (κ2) is 5.82. The van der Waals surface area contributed by atoms with E-state index in [0.29, 0.717) is 13.2 Å². The van der Waals surface area contributed by atoms with Gasteiger partial charge in [0.1, 0.15) is 0 Å². The highest BCUT2D eigenvalue weighted by Crippen LogP contribution is 2.07. The van der Waals surface area contributed by atoms with Crippen LogP contribution in [0.5, 0.6) is 0 Å². The van der Waals surface area contributed by atoms with Crippen LogP contribution in [0.3, 0.4) is 0 Å². The van der Waals surface area contributed by atoms with Crippen LogP contribution in [-0.2, 0) is 8.85 Å². The Morgan fingerprint density at radius 1 is 1.07 bits per heavy atom. The third-order valence-electron chi connectivity index (χ3n) is 1.56. The van der Waals surface area contributed by atoms with E-state index in [4.69, 9.17) is 8.85 Å². The lowest BCUT2D eigenvalue weighted by Crippen LogP contribution is -2.70. The highest BCUT2D eigenvalue weighted by Gasteiger charge is 2.40. The molecule has 0 saturated heterocycles. The zero-order chi connectivity index (χ0) is 11.2. The van der Waals surface area contributed by atoms with E-state index >= 15 is 0 Å². The molecule has 0 bridgehead atoms. The van der Waals surface area contributed by atoms with Crippen molar-refractivity contribution < 1.29 is 8.85 Å². The van der Waals surface area contributed by atoms with Crippen LogP contribution in [0.15, 0.2) is 0 Å². The summed E-state index contributed by atoms with van der Waals surface area (Å²) in [6.45, 7) is 11.6. The molecule has 0 atom stereocenters. The topological polar surface area (TPSA) is 42.5 Å². The van der Waals surface area contributed by atoms with Crippen molar-refractivity contribution in [3.05, 3.63) is 0 Å². The molecule has 0 amide bonds. The van der Waals surface area contributed by atoms with Gasteiger partial charge in [-0.15, -0.1) is 0 Å². The molecule has 0 fully saturated rings. The summed E-state index contributed by atoms with van der Waals surface area (Å²) in [4.78, 5) is 6.56. The first-order chi connectivity index (χ1) is 6.39. The smallest absolute Gasteiger partial charge is 0.371 e. The van der Waals surface area contributed by atoms with Gasteiger partial charge in [0.2, 0.25) is 0 Å². The maximum absolute atomic E-state index is 5.69. The van der Waals surface area contributed by atoms with Gasteiger partial charge in [0.15, 0.2) is 0 Å². The van der Waals surface area contributed by atoms with Crippen LogP contribution >= 0.6 is 0 Å². The van der Waals surface area contributed by atoms with E-state index in [1.54, 1.807) is 0 Å². The molecule has 0 aliphatic rings. The van der Waals surface area contributed by atoms with Crippen LogP contribution < -0.4 is 9.96 Å². The minimum absolute atomic E-state index is 0.0143. The molecule has 5 heteroatoms. The van der Waals surface area contributed by atoms with Crippen LogP contribution in [0.2, 0.25) is 0 Å². The second-order valence-corrected chi connectivity index (χ2v) is 6.67. The maximum Gasteiger partial charge on any atom is 0.517 e. The van der Waals surface area contributed by atoms with Crippen molar-refractivity contribution in [2.75, 3.05) is 20.3 Å². The standard InChI is InChI=1S/C9H24N2O2Si/c1-7-12-14(10-6,13-8-2)11-9(3,4)5/h10-11H,7-8H2,1-6H3. The fraction of sp³-hybridized carbons (Fsp3) is 1.00. The average Bonchev–Trinajstić information content (AvgIpc) is 2.02. The van der Waals surface area contributed by atoms with Crippen LogP contribution in [0.4, 0.5) is 0 Å². The van der Waals surface area contributed by atoms with Crippen molar-refractivity contribution in [3.8, 4) is 0 Å². The number of nitrogens with one attached hydrogen (secondary N) is 2. The van der Waals surface area contributed by atoms with E-state index in [-0.39, 0.29) is 5.54 Å². The molecule has 14 heavy (non-hydrogen) atoms. The highest BCUT2D eigenvalue weighted by molar-refractivity contribution is 6.62. The molecular weight excluding hydrogens is 196 g/mol. The van der Waals surface area contributed by atoms with E-state index in [2.05, 4.69) is 30.7 Å². The van der Waals surface area contributed by atoms with Gasteiger partial charge in [0.25, 0.3) is 0 Å². The quantitative estimate of drug-likeness (QED) is 0.658. The molecule has 2 N–H and O–H groups in total. The first-order valence-corrected chi connectivity index (χ1v) is 6.97. The van der Waals surface area contributed by atoms with E-state index in [1.807, 2.05) is 20.9 Å². The predicted octanol–water partition coefficient (Wildman–Crippen LogP) is 1.10. The molecule has 0 heterocycles. The van der Waals surface area contributed by atoms with Crippen LogP contribution in [0.1, 0.15) is 34.6 Å². The van der Waals surface area contributed by atoms with Gasteiger partial charge in [-0.25, -0.2) is 0 Å². The summed E-state index contributed by atoms with van der Waals surface area (Å²) in [7, 11) is -0.534. The van der Waals surface area contributed by atoms with E-state index in [9.17, 15) is 0 Å². The van der Waals surface area contributed by atoms with Crippen LogP contribution in [0.25, 0.3) is 0 Å². The number of hydrogen-bond donors (Lipinski definition) is 2. The second-order valence-electron chi connectivity index (χ2n) is 4.11. The lowest BCUT2D eigenvalue weighted by molar-refractivity contribution is 0.151. The zero-order valence-corrected chi connectivity index (χ0v) is 11.2. The Morgan fingerprint density at radius 2 is 1.50 bits per heavy atom. The Morgan fingerprint density at radius 3 is 1.71 bits per heavy atom. The first-order valence-electron chi connectivity index (χ1n) is 5.15. The molecular formula is C9H24N2O2Si. The minimum atomic E-state index is -2.40. The van der Waals surface area contributed by atoms with Gasteiger partial charge < -0.3 is 8.85 Å². The molecule has 0 aliphatic heterocycles. The van der Waals surface area contributed by atoms with Crippen molar-refractivity contribution in [1.82, 2.24) is 9.96 Å². The summed E-state index contributed by atoms with van der Waals surface area (Å²) in [5, 5.41) is 0. The summed E-state index contributed by atoms with van der Waals surface area (Å²) in [5.74, 6) is 0. The molecule has 0 aliphatic carbocycles. The molecule has 0 rings (SSSR count). The average molecular weight is 220 g/mol. The number of hydrogen-bond acceptors (Lipinski definition) is 4. The molecule has 0 aromatic heterocycles. The summed E-state index contributed by atoms with van der Waals surface area (Å²) in [6.07, 6.45) is 0. The Bertz CT molecular complexity index is 153. The fourth-order valence-electron chi connectivity index (χ4n) is 1.22. The van der Waals surface area contributed by atoms with Gasteiger partial charge in [-0.05, 0) is 41.7 Å². The third kappa shape index (κ3) is 5.07. The summed E-state index contributed by atoms with van der Waals surface area (Å²) in [5.41, 5.74) is -0.0143. The van der Waals surface area contributed by atoms with Crippen molar-refractivity contribution in [2.45, 2.75) is 40.2 Å². The highest BCUT2D eigenvalue weighted by atomic mass is 28.4. The molecule has 0 unspecified atom stereocenters. The predicted molar refractivity (Wildman–Crippen MR) is 61.0 cm³/mol. The van der Waals surface area contributed by atoms with Crippen LogP contribution in [0, 0.1) is 0 Å². The van der Waals surface area contributed by atoms with Crippen LogP contribution in [-0.4, -0.2) is 34.7 Å². The van der Waals surface area contributed by atoms with Crippen molar-refractivity contribution in [3.63, 3.8) is 0 Å². The van der Waals surface area contributed by atoms with E-state index in [0.717, 1.165) is 0 Å².